The van der Waals surface area contributed by atoms with Crippen LogP contribution >= 0.6 is 15.9 Å². The number of benzene rings is 1. The standard InChI is InChI=1S/C13H20BrNO2/c1-11(3-2-9-16)15-8-10-17-13-6-4-12(14)5-7-13/h4-7,11,15-16H,2-3,8-10H2,1H3. The van der Waals surface area contributed by atoms with Gasteiger partial charge < -0.3 is 15.2 Å². The van der Waals surface area contributed by atoms with Gasteiger partial charge in [0.1, 0.15) is 12.4 Å². The van der Waals surface area contributed by atoms with Crippen molar-refractivity contribution in [1.29, 1.82) is 0 Å². The minimum absolute atomic E-state index is 0.265. The summed E-state index contributed by atoms with van der Waals surface area (Å²) in [6, 6.07) is 8.24. The van der Waals surface area contributed by atoms with Gasteiger partial charge in [-0.05, 0) is 44.0 Å². The number of aliphatic hydroxyl groups excluding tert-OH is 1. The van der Waals surface area contributed by atoms with Crippen LogP contribution in [0, 0.1) is 0 Å². The van der Waals surface area contributed by atoms with Gasteiger partial charge in [0.05, 0.1) is 0 Å². The van der Waals surface area contributed by atoms with Crippen LogP contribution in [-0.2, 0) is 0 Å². The van der Waals surface area contributed by atoms with Crippen molar-refractivity contribution in [3.8, 4) is 5.75 Å². The molecule has 17 heavy (non-hydrogen) atoms. The zero-order valence-corrected chi connectivity index (χ0v) is 11.7. The monoisotopic (exact) mass is 301 g/mol. The molecule has 0 aliphatic heterocycles. The second kappa shape index (κ2) is 8.50. The number of ether oxygens (including phenoxy) is 1. The van der Waals surface area contributed by atoms with Crippen LogP contribution in [0.3, 0.4) is 0 Å². The summed E-state index contributed by atoms with van der Waals surface area (Å²) in [4.78, 5) is 0. The van der Waals surface area contributed by atoms with Crippen molar-refractivity contribution in [2.45, 2.75) is 25.8 Å². The Morgan fingerprint density at radius 1 is 1.35 bits per heavy atom. The third-order valence-electron chi connectivity index (χ3n) is 2.47. The van der Waals surface area contributed by atoms with Crippen LogP contribution < -0.4 is 10.1 Å². The predicted octanol–water partition coefficient (Wildman–Crippen LogP) is 2.58. The fourth-order valence-electron chi connectivity index (χ4n) is 1.50. The summed E-state index contributed by atoms with van der Waals surface area (Å²) in [6.45, 7) is 3.87. The second-order valence-corrected chi connectivity index (χ2v) is 4.94. The molecule has 0 saturated heterocycles. The topological polar surface area (TPSA) is 41.5 Å². The van der Waals surface area contributed by atoms with Gasteiger partial charge in [-0.3, -0.25) is 0 Å². The molecule has 0 aliphatic rings. The third kappa shape index (κ3) is 6.66. The quantitative estimate of drug-likeness (QED) is 0.725. The van der Waals surface area contributed by atoms with E-state index in [2.05, 4.69) is 28.2 Å². The average Bonchev–Trinajstić information content (AvgIpc) is 2.34. The Bertz CT molecular complexity index is 303. The van der Waals surface area contributed by atoms with Gasteiger partial charge in [-0.2, -0.15) is 0 Å². The van der Waals surface area contributed by atoms with E-state index in [4.69, 9.17) is 9.84 Å². The van der Waals surface area contributed by atoms with E-state index in [0.29, 0.717) is 12.6 Å². The van der Waals surface area contributed by atoms with Crippen molar-refractivity contribution in [3.05, 3.63) is 28.7 Å². The molecule has 1 unspecified atom stereocenters. The minimum Gasteiger partial charge on any atom is -0.492 e. The van der Waals surface area contributed by atoms with Gasteiger partial charge in [0.25, 0.3) is 0 Å². The maximum absolute atomic E-state index is 8.70. The molecule has 4 heteroatoms. The first-order valence-electron chi connectivity index (χ1n) is 5.95. The van der Waals surface area contributed by atoms with Crippen molar-refractivity contribution in [2.75, 3.05) is 19.8 Å². The third-order valence-corrected chi connectivity index (χ3v) is 3.00. The van der Waals surface area contributed by atoms with Gasteiger partial charge in [-0.1, -0.05) is 15.9 Å². The molecule has 0 saturated carbocycles. The Balaban J connectivity index is 2.09. The Hall–Kier alpha value is -0.580. The molecule has 1 rings (SSSR count). The number of aliphatic hydroxyl groups is 1. The Labute approximate surface area is 111 Å². The van der Waals surface area contributed by atoms with Crippen LogP contribution in [0.25, 0.3) is 0 Å². The summed E-state index contributed by atoms with van der Waals surface area (Å²) >= 11 is 3.38. The maximum Gasteiger partial charge on any atom is 0.119 e. The van der Waals surface area contributed by atoms with Gasteiger partial charge >= 0.3 is 0 Å². The summed E-state index contributed by atoms with van der Waals surface area (Å²) in [6.07, 6.45) is 1.84. The van der Waals surface area contributed by atoms with Crippen molar-refractivity contribution in [2.24, 2.45) is 0 Å². The SMILES string of the molecule is CC(CCCO)NCCOc1ccc(Br)cc1. The van der Waals surface area contributed by atoms with Crippen LogP contribution in [0.2, 0.25) is 0 Å². The van der Waals surface area contributed by atoms with Crippen molar-refractivity contribution >= 4 is 15.9 Å². The molecule has 0 aliphatic carbocycles. The van der Waals surface area contributed by atoms with E-state index in [1.165, 1.54) is 0 Å². The fraction of sp³-hybridized carbons (Fsp3) is 0.538. The molecule has 1 aromatic rings. The highest BCUT2D eigenvalue weighted by atomic mass is 79.9. The van der Waals surface area contributed by atoms with Crippen molar-refractivity contribution < 1.29 is 9.84 Å². The van der Waals surface area contributed by atoms with Crippen molar-refractivity contribution in [3.63, 3.8) is 0 Å². The van der Waals surface area contributed by atoms with E-state index < -0.39 is 0 Å². The second-order valence-electron chi connectivity index (χ2n) is 4.02. The molecule has 0 aromatic heterocycles. The van der Waals surface area contributed by atoms with Crippen LogP contribution in [0.5, 0.6) is 5.75 Å². The minimum atomic E-state index is 0.265. The molecule has 3 nitrogen and oxygen atoms in total. The molecule has 96 valence electrons. The van der Waals surface area contributed by atoms with E-state index >= 15 is 0 Å². The number of nitrogens with one attached hydrogen (secondary N) is 1. The Kier molecular flexibility index (Phi) is 7.24. The maximum atomic E-state index is 8.70. The Morgan fingerprint density at radius 2 is 2.06 bits per heavy atom. The van der Waals surface area contributed by atoms with Gasteiger partial charge in [0.15, 0.2) is 0 Å². The molecule has 2 N–H and O–H groups in total. The predicted molar refractivity (Wildman–Crippen MR) is 73.4 cm³/mol. The van der Waals surface area contributed by atoms with Crippen LogP contribution in [0.15, 0.2) is 28.7 Å². The van der Waals surface area contributed by atoms with E-state index in [1.807, 2.05) is 24.3 Å². The first-order valence-corrected chi connectivity index (χ1v) is 6.74. The lowest BCUT2D eigenvalue weighted by Gasteiger charge is -2.13. The van der Waals surface area contributed by atoms with E-state index in [0.717, 1.165) is 29.6 Å². The summed E-state index contributed by atoms with van der Waals surface area (Å²) in [5.74, 6) is 0.887. The van der Waals surface area contributed by atoms with E-state index in [9.17, 15) is 0 Å². The van der Waals surface area contributed by atoms with Crippen LogP contribution in [0.1, 0.15) is 19.8 Å². The van der Waals surface area contributed by atoms with Gasteiger partial charge in [-0.25, -0.2) is 0 Å². The van der Waals surface area contributed by atoms with Gasteiger partial charge in [0.2, 0.25) is 0 Å². The van der Waals surface area contributed by atoms with Gasteiger partial charge in [-0.15, -0.1) is 0 Å². The normalized spacial score (nSPS) is 12.4. The lowest BCUT2D eigenvalue weighted by molar-refractivity contribution is 0.270. The lowest BCUT2D eigenvalue weighted by atomic mass is 10.2. The molecule has 0 amide bonds. The summed E-state index contributed by atoms with van der Waals surface area (Å²) in [5.41, 5.74) is 0. The smallest absolute Gasteiger partial charge is 0.119 e. The molecule has 0 spiro atoms. The summed E-state index contributed by atoms with van der Waals surface area (Å²) in [5, 5.41) is 12.1. The first-order chi connectivity index (χ1) is 8.22. The van der Waals surface area contributed by atoms with Gasteiger partial charge in [0, 0.05) is 23.7 Å². The highest BCUT2D eigenvalue weighted by Crippen LogP contribution is 2.15. The summed E-state index contributed by atoms with van der Waals surface area (Å²) in [7, 11) is 0. The summed E-state index contributed by atoms with van der Waals surface area (Å²) < 4.78 is 6.64. The zero-order valence-electron chi connectivity index (χ0n) is 10.2. The lowest BCUT2D eigenvalue weighted by Crippen LogP contribution is -2.30. The number of halogens is 1. The zero-order chi connectivity index (χ0) is 12.5. The largest absolute Gasteiger partial charge is 0.492 e. The van der Waals surface area contributed by atoms with Crippen LogP contribution in [-0.4, -0.2) is 30.9 Å². The fourth-order valence-corrected chi connectivity index (χ4v) is 1.77. The molecule has 0 bridgehead atoms. The Morgan fingerprint density at radius 3 is 2.71 bits per heavy atom. The highest BCUT2D eigenvalue weighted by Gasteiger charge is 2.00. The van der Waals surface area contributed by atoms with Crippen LogP contribution in [0.4, 0.5) is 0 Å². The molecular weight excluding hydrogens is 282 g/mol. The first kappa shape index (κ1) is 14.5. The molecule has 0 radical (unpaired) electrons. The molecule has 0 fully saturated rings. The molecule has 1 atom stereocenters. The molecule has 1 aromatic carbocycles. The molecular formula is C13H20BrNO2. The molecule has 0 heterocycles. The highest BCUT2D eigenvalue weighted by molar-refractivity contribution is 9.10. The number of rotatable bonds is 8. The van der Waals surface area contributed by atoms with Crippen molar-refractivity contribution in [1.82, 2.24) is 5.32 Å². The number of hydrogen-bond donors (Lipinski definition) is 2. The average molecular weight is 302 g/mol. The number of hydrogen-bond acceptors (Lipinski definition) is 3. The van der Waals surface area contributed by atoms with E-state index in [-0.39, 0.29) is 6.61 Å². The van der Waals surface area contributed by atoms with E-state index in [1.54, 1.807) is 0 Å².